The molecule has 270 valence electrons. The van der Waals surface area contributed by atoms with Gasteiger partial charge < -0.3 is 15.3 Å². The quantitative estimate of drug-likeness (QED) is 0.244. The van der Waals surface area contributed by atoms with Crippen molar-refractivity contribution in [3.05, 3.63) is 53.6 Å². The van der Waals surface area contributed by atoms with Crippen LogP contribution in [0.25, 0.3) is 5.57 Å². The van der Waals surface area contributed by atoms with Gasteiger partial charge in [0.15, 0.2) is 0 Å². The van der Waals surface area contributed by atoms with Crippen LogP contribution in [0.3, 0.4) is 0 Å². The average molecular weight is 669 g/mol. The number of benzene rings is 1. The lowest BCUT2D eigenvalue weighted by Crippen LogP contribution is -2.66. The Morgan fingerprint density at radius 2 is 1.57 bits per heavy atom. The molecule has 0 aromatic heterocycles. The summed E-state index contributed by atoms with van der Waals surface area (Å²) >= 11 is 0. The van der Waals surface area contributed by atoms with Gasteiger partial charge in [0.25, 0.3) is 0 Å². The zero-order valence-electron chi connectivity index (χ0n) is 32.4. The van der Waals surface area contributed by atoms with Gasteiger partial charge in [0.05, 0.1) is 5.56 Å². The van der Waals surface area contributed by atoms with E-state index in [0.29, 0.717) is 39.2 Å². The van der Waals surface area contributed by atoms with Gasteiger partial charge in [-0.25, -0.2) is 4.79 Å². The smallest absolute Gasteiger partial charge is 0.335 e. The van der Waals surface area contributed by atoms with E-state index in [0.717, 1.165) is 37.3 Å². The van der Waals surface area contributed by atoms with E-state index in [-0.39, 0.29) is 10.8 Å². The summed E-state index contributed by atoms with van der Waals surface area (Å²) in [5.74, 6) is 2.71. The number of aromatic carboxylic acids is 1. The highest BCUT2D eigenvalue weighted by Crippen LogP contribution is 2.77. The molecule has 2 N–H and O–H groups in total. The SMILES string of the molecule is C=C(C)C1CCC2(CNC3(CN(CC)CC)CC3)CCC3(C)C(CCC4C5(C)CC=C(c6ccc(C(=O)O)cc6)C(C)(C)C5CCC43C)C12. The Morgan fingerprint density at radius 1 is 0.878 bits per heavy atom. The van der Waals surface area contributed by atoms with E-state index in [1.54, 1.807) is 12.1 Å². The molecule has 6 aliphatic rings. The Labute approximate surface area is 299 Å². The average Bonchev–Trinajstić information content (AvgIpc) is 3.72. The number of hydrogen-bond acceptors (Lipinski definition) is 3. The van der Waals surface area contributed by atoms with Crippen molar-refractivity contribution in [1.82, 2.24) is 10.2 Å². The molecule has 4 heteroatoms. The Hall–Kier alpha value is -1.91. The maximum absolute atomic E-state index is 11.6. The van der Waals surface area contributed by atoms with Crippen LogP contribution in [-0.4, -0.2) is 47.7 Å². The number of nitrogens with zero attached hydrogens (tertiary/aromatic N) is 1. The largest absolute Gasteiger partial charge is 0.478 e. The molecule has 6 aliphatic carbocycles. The van der Waals surface area contributed by atoms with E-state index in [4.69, 9.17) is 0 Å². The van der Waals surface area contributed by atoms with Crippen molar-refractivity contribution in [2.45, 2.75) is 132 Å². The first-order valence-electron chi connectivity index (χ1n) is 20.3. The van der Waals surface area contributed by atoms with E-state index in [2.05, 4.69) is 90.4 Å². The Kier molecular flexibility index (Phi) is 8.75. The van der Waals surface area contributed by atoms with Gasteiger partial charge >= 0.3 is 5.97 Å². The fraction of sp³-hybridized carbons (Fsp3) is 0.756. The predicted octanol–water partition coefficient (Wildman–Crippen LogP) is 10.5. The highest BCUT2D eigenvalue weighted by atomic mass is 16.4. The lowest BCUT2D eigenvalue weighted by atomic mass is 9.32. The summed E-state index contributed by atoms with van der Waals surface area (Å²) in [5, 5.41) is 13.8. The molecule has 0 aliphatic heterocycles. The fourth-order valence-electron chi connectivity index (χ4n) is 14.3. The minimum atomic E-state index is -0.850. The van der Waals surface area contributed by atoms with Crippen LogP contribution in [0.1, 0.15) is 142 Å². The van der Waals surface area contributed by atoms with Crippen LogP contribution in [0, 0.1) is 56.7 Å². The summed E-state index contributed by atoms with van der Waals surface area (Å²) in [5.41, 5.74) is 6.24. The topological polar surface area (TPSA) is 52.6 Å². The fourth-order valence-corrected chi connectivity index (χ4v) is 14.3. The van der Waals surface area contributed by atoms with Crippen LogP contribution in [-0.2, 0) is 0 Å². The van der Waals surface area contributed by atoms with E-state index in [1.165, 1.54) is 94.0 Å². The maximum atomic E-state index is 11.6. The molecule has 4 nitrogen and oxygen atoms in total. The van der Waals surface area contributed by atoms with Crippen LogP contribution < -0.4 is 5.32 Å². The summed E-state index contributed by atoms with van der Waals surface area (Å²) < 4.78 is 0. The molecular weight excluding hydrogens is 601 g/mol. The second-order valence-electron chi connectivity index (χ2n) is 19.6. The normalized spacial score (nSPS) is 41.6. The molecule has 0 bridgehead atoms. The molecule has 0 spiro atoms. The van der Waals surface area contributed by atoms with E-state index in [1.807, 2.05) is 0 Å². The lowest BCUT2D eigenvalue weighted by molar-refractivity contribution is -0.225. The van der Waals surface area contributed by atoms with Gasteiger partial charge in [-0.1, -0.05) is 78.8 Å². The maximum Gasteiger partial charge on any atom is 0.335 e. The molecular formula is C45H68N2O2. The molecule has 0 heterocycles. The molecule has 9 unspecified atom stereocenters. The van der Waals surface area contributed by atoms with Crippen LogP contribution in [0.15, 0.2) is 42.5 Å². The summed E-state index contributed by atoms with van der Waals surface area (Å²) in [6.45, 7) is 29.6. The molecule has 49 heavy (non-hydrogen) atoms. The van der Waals surface area contributed by atoms with Gasteiger partial charge in [0.2, 0.25) is 0 Å². The molecule has 1 aromatic carbocycles. The highest BCUT2D eigenvalue weighted by Gasteiger charge is 2.70. The molecule has 0 amide bonds. The first-order chi connectivity index (χ1) is 23.1. The number of hydrogen-bond donors (Lipinski definition) is 2. The number of nitrogens with one attached hydrogen (secondary N) is 1. The van der Waals surface area contributed by atoms with Crippen molar-refractivity contribution < 1.29 is 9.90 Å². The number of carboxylic acids is 1. The highest BCUT2D eigenvalue weighted by molar-refractivity contribution is 5.88. The van der Waals surface area contributed by atoms with Crippen LogP contribution in [0.5, 0.6) is 0 Å². The Bertz CT molecular complexity index is 1480. The van der Waals surface area contributed by atoms with Gasteiger partial charge in [0, 0.05) is 18.6 Å². The monoisotopic (exact) mass is 669 g/mol. The number of rotatable bonds is 10. The molecule has 9 atom stereocenters. The van der Waals surface area contributed by atoms with E-state index >= 15 is 0 Å². The van der Waals surface area contributed by atoms with Crippen molar-refractivity contribution in [3.8, 4) is 0 Å². The molecule has 1 aromatic rings. The number of likely N-dealkylation sites (N-methyl/N-ethyl adjacent to an activating group) is 1. The second-order valence-corrected chi connectivity index (χ2v) is 19.6. The zero-order chi connectivity index (χ0) is 35.2. The Balaban J connectivity index is 1.17. The summed E-state index contributed by atoms with van der Waals surface area (Å²) in [7, 11) is 0. The van der Waals surface area contributed by atoms with Crippen molar-refractivity contribution in [3.63, 3.8) is 0 Å². The summed E-state index contributed by atoms with van der Waals surface area (Å²) in [6, 6.07) is 7.68. The second kappa shape index (κ2) is 12.1. The third-order valence-corrected chi connectivity index (χ3v) is 17.3. The van der Waals surface area contributed by atoms with Crippen molar-refractivity contribution >= 4 is 11.5 Å². The molecule has 0 radical (unpaired) electrons. The van der Waals surface area contributed by atoms with Gasteiger partial charge in [-0.3, -0.25) is 0 Å². The van der Waals surface area contributed by atoms with E-state index in [9.17, 15) is 9.90 Å². The molecule has 5 fully saturated rings. The standard InChI is InChI=1S/C45H68N2O2/c1-10-47(11-2)29-45(26-27-45)46-28-44-23-18-33(30(3)4)38(44)35-16-17-37-41(7)21-19-34(31-12-14-32(15-13-31)39(48)49)40(5,6)36(41)20-22-43(37,9)42(35,8)24-25-44/h12-15,19,33,35-38,46H,3,10-11,16-18,20-29H2,1-2,4-9H3,(H,48,49). The number of fused-ring (bicyclic) bond motifs is 7. The zero-order valence-corrected chi connectivity index (χ0v) is 32.4. The van der Waals surface area contributed by atoms with Crippen molar-refractivity contribution in [1.29, 1.82) is 0 Å². The summed E-state index contributed by atoms with van der Waals surface area (Å²) in [4.78, 5) is 14.2. The van der Waals surface area contributed by atoms with Gasteiger partial charge in [-0.2, -0.15) is 0 Å². The lowest BCUT2D eigenvalue weighted by Gasteiger charge is -2.72. The minimum Gasteiger partial charge on any atom is -0.478 e. The number of carboxylic acid groups (broad SMARTS) is 1. The molecule has 5 saturated carbocycles. The first kappa shape index (κ1) is 35.5. The van der Waals surface area contributed by atoms with Crippen LogP contribution in [0.4, 0.5) is 0 Å². The minimum absolute atomic E-state index is 0.0462. The third-order valence-electron chi connectivity index (χ3n) is 17.3. The number of carbonyl (C=O) groups is 1. The van der Waals surface area contributed by atoms with Crippen LogP contribution >= 0.6 is 0 Å². The molecule has 7 rings (SSSR count). The van der Waals surface area contributed by atoms with Crippen molar-refractivity contribution in [2.24, 2.45) is 56.7 Å². The van der Waals surface area contributed by atoms with Gasteiger partial charge in [0.1, 0.15) is 0 Å². The summed E-state index contributed by atoms with van der Waals surface area (Å²) in [6.07, 6.45) is 17.3. The van der Waals surface area contributed by atoms with Crippen LogP contribution in [0.2, 0.25) is 0 Å². The number of allylic oxidation sites excluding steroid dienone is 3. The van der Waals surface area contributed by atoms with Gasteiger partial charge in [-0.05, 0) is 171 Å². The Morgan fingerprint density at radius 3 is 2.18 bits per heavy atom. The first-order valence-corrected chi connectivity index (χ1v) is 20.3. The third kappa shape index (κ3) is 5.29. The van der Waals surface area contributed by atoms with E-state index < -0.39 is 5.97 Å². The molecule has 0 saturated heterocycles. The van der Waals surface area contributed by atoms with Gasteiger partial charge in [-0.15, -0.1) is 0 Å². The van der Waals surface area contributed by atoms with Crippen molar-refractivity contribution in [2.75, 3.05) is 26.2 Å². The predicted molar refractivity (Wildman–Crippen MR) is 203 cm³/mol.